The largest absolute Gasteiger partial charge is 0.381 e. The predicted octanol–water partition coefficient (Wildman–Crippen LogP) is 3.32. The summed E-state index contributed by atoms with van der Waals surface area (Å²) in [7, 11) is 0. The Kier molecular flexibility index (Phi) is 3.13. The third-order valence-corrected chi connectivity index (χ3v) is 2.62. The summed E-state index contributed by atoms with van der Waals surface area (Å²) in [6, 6.07) is 4.77. The number of rotatable bonds is 3. The molecule has 2 N–H and O–H groups in total. The van der Waals surface area contributed by atoms with Crippen molar-refractivity contribution in [2.45, 2.75) is 26.7 Å². The Morgan fingerprint density at radius 3 is 2.76 bits per heavy atom. The molecule has 1 aromatic heterocycles. The number of nitrogens with zero attached hydrogens (tertiary/aromatic N) is 1. The van der Waals surface area contributed by atoms with Crippen LogP contribution in [0, 0.1) is 12.7 Å². The minimum absolute atomic E-state index is 0.280. The summed E-state index contributed by atoms with van der Waals surface area (Å²) in [5.41, 5.74) is 8.14. The quantitative estimate of drug-likeness (QED) is 0.886. The van der Waals surface area contributed by atoms with Gasteiger partial charge in [0.2, 0.25) is 0 Å². The molecular formula is C13H15FN2O. The van der Waals surface area contributed by atoms with Crippen LogP contribution in [0.3, 0.4) is 0 Å². The van der Waals surface area contributed by atoms with Crippen LogP contribution in [0.5, 0.6) is 0 Å². The van der Waals surface area contributed by atoms with Gasteiger partial charge in [-0.1, -0.05) is 18.5 Å². The number of benzene rings is 1. The topological polar surface area (TPSA) is 52.0 Å². The standard InChI is InChI=1S/C13H15FN2O/c1-3-4-11-12(17-16-13(11)15)9-5-8(2)6-10(14)7-9/h5-7H,3-4H2,1-2H3,(H2,15,16). The summed E-state index contributed by atoms with van der Waals surface area (Å²) in [6.45, 7) is 3.89. The van der Waals surface area contributed by atoms with Gasteiger partial charge >= 0.3 is 0 Å². The summed E-state index contributed by atoms with van der Waals surface area (Å²) in [6.07, 6.45) is 1.72. The molecule has 0 spiro atoms. The van der Waals surface area contributed by atoms with Crippen molar-refractivity contribution in [3.05, 3.63) is 35.1 Å². The Hall–Kier alpha value is -1.84. The van der Waals surface area contributed by atoms with Gasteiger partial charge in [0.1, 0.15) is 5.82 Å². The van der Waals surface area contributed by atoms with Crippen LogP contribution in [0.1, 0.15) is 24.5 Å². The van der Waals surface area contributed by atoms with Gasteiger partial charge in [0.15, 0.2) is 11.6 Å². The molecule has 1 heterocycles. The molecule has 0 atom stereocenters. The molecular weight excluding hydrogens is 219 g/mol. The number of hydrogen-bond acceptors (Lipinski definition) is 3. The first-order chi connectivity index (χ1) is 8.11. The Labute approximate surface area is 99.4 Å². The van der Waals surface area contributed by atoms with Crippen molar-refractivity contribution in [3.8, 4) is 11.3 Å². The molecule has 0 bridgehead atoms. The molecule has 0 aliphatic heterocycles. The number of halogens is 1. The number of aromatic nitrogens is 1. The third-order valence-electron chi connectivity index (χ3n) is 2.62. The van der Waals surface area contributed by atoms with E-state index in [2.05, 4.69) is 5.16 Å². The molecule has 0 aliphatic rings. The molecule has 0 amide bonds. The summed E-state index contributed by atoms with van der Waals surface area (Å²) in [4.78, 5) is 0. The highest BCUT2D eigenvalue weighted by Crippen LogP contribution is 2.29. The molecule has 0 saturated carbocycles. The Balaban J connectivity index is 2.52. The fraction of sp³-hybridized carbons (Fsp3) is 0.308. The predicted molar refractivity (Wildman–Crippen MR) is 65.0 cm³/mol. The molecule has 17 heavy (non-hydrogen) atoms. The summed E-state index contributed by atoms with van der Waals surface area (Å²) in [5, 5.41) is 3.75. The maximum atomic E-state index is 13.3. The van der Waals surface area contributed by atoms with Crippen molar-refractivity contribution < 1.29 is 8.91 Å². The minimum atomic E-state index is -0.280. The van der Waals surface area contributed by atoms with E-state index < -0.39 is 0 Å². The van der Waals surface area contributed by atoms with Gasteiger partial charge in [-0.05, 0) is 37.1 Å². The highest BCUT2D eigenvalue weighted by molar-refractivity contribution is 5.66. The molecule has 90 valence electrons. The lowest BCUT2D eigenvalue weighted by molar-refractivity contribution is 0.434. The molecule has 2 aromatic rings. The number of anilines is 1. The molecule has 0 fully saturated rings. The van der Waals surface area contributed by atoms with Crippen LogP contribution in [0.15, 0.2) is 22.7 Å². The smallest absolute Gasteiger partial charge is 0.172 e. The van der Waals surface area contributed by atoms with E-state index in [4.69, 9.17) is 10.3 Å². The molecule has 0 aliphatic carbocycles. The molecule has 4 heteroatoms. The Bertz CT molecular complexity index is 514. The lowest BCUT2D eigenvalue weighted by Gasteiger charge is -2.02. The normalized spacial score (nSPS) is 10.8. The molecule has 0 radical (unpaired) electrons. The van der Waals surface area contributed by atoms with Crippen LogP contribution in [0.4, 0.5) is 10.2 Å². The van der Waals surface area contributed by atoms with Gasteiger partial charge in [0.25, 0.3) is 0 Å². The van der Waals surface area contributed by atoms with Crippen molar-refractivity contribution in [1.82, 2.24) is 5.16 Å². The average molecular weight is 234 g/mol. The number of nitrogen functional groups attached to an aromatic ring is 1. The van der Waals surface area contributed by atoms with Crippen LogP contribution in [-0.4, -0.2) is 5.16 Å². The molecule has 3 nitrogen and oxygen atoms in total. The van der Waals surface area contributed by atoms with E-state index in [-0.39, 0.29) is 5.82 Å². The molecule has 2 rings (SSSR count). The second kappa shape index (κ2) is 4.57. The van der Waals surface area contributed by atoms with Crippen molar-refractivity contribution >= 4 is 5.82 Å². The van der Waals surface area contributed by atoms with Crippen molar-refractivity contribution in [2.24, 2.45) is 0 Å². The van der Waals surface area contributed by atoms with Gasteiger partial charge in [0, 0.05) is 11.1 Å². The highest BCUT2D eigenvalue weighted by atomic mass is 19.1. The van der Waals surface area contributed by atoms with Crippen LogP contribution >= 0.6 is 0 Å². The second-order valence-corrected chi connectivity index (χ2v) is 4.14. The molecule has 1 aromatic carbocycles. The number of hydrogen-bond donors (Lipinski definition) is 1. The average Bonchev–Trinajstić information content (AvgIpc) is 2.60. The van der Waals surface area contributed by atoms with E-state index in [1.165, 1.54) is 12.1 Å². The van der Waals surface area contributed by atoms with Crippen molar-refractivity contribution in [1.29, 1.82) is 0 Å². The van der Waals surface area contributed by atoms with Gasteiger partial charge in [0.05, 0.1) is 0 Å². The zero-order valence-corrected chi connectivity index (χ0v) is 9.96. The summed E-state index contributed by atoms with van der Waals surface area (Å²) < 4.78 is 18.5. The number of aryl methyl sites for hydroxylation is 1. The minimum Gasteiger partial charge on any atom is -0.381 e. The zero-order valence-electron chi connectivity index (χ0n) is 9.96. The Morgan fingerprint density at radius 1 is 1.35 bits per heavy atom. The highest BCUT2D eigenvalue weighted by Gasteiger charge is 2.15. The van der Waals surface area contributed by atoms with Gasteiger partial charge in [-0.3, -0.25) is 0 Å². The first kappa shape index (κ1) is 11.6. The van der Waals surface area contributed by atoms with Gasteiger partial charge in [-0.25, -0.2) is 4.39 Å². The van der Waals surface area contributed by atoms with E-state index in [0.717, 1.165) is 24.0 Å². The zero-order chi connectivity index (χ0) is 12.4. The lowest BCUT2D eigenvalue weighted by Crippen LogP contribution is -1.93. The first-order valence-corrected chi connectivity index (χ1v) is 5.63. The second-order valence-electron chi connectivity index (χ2n) is 4.14. The SMILES string of the molecule is CCCc1c(N)noc1-c1cc(C)cc(F)c1. The monoisotopic (exact) mass is 234 g/mol. The number of nitrogens with two attached hydrogens (primary N) is 1. The van der Waals surface area contributed by atoms with E-state index in [1.807, 2.05) is 19.9 Å². The van der Waals surface area contributed by atoms with Crippen molar-refractivity contribution in [3.63, 3.8) is 0 Å². The first-order valence-electron chi connectivity index (χ1n) is 5.63. The lowest BCUT2D eigenvalue weighted by atomic mass is 10.0. The molecule has 0 unspecified atom stereocenters. The van der Waals surface area contributed by atoms with Crippen LogP contribution in [-0.2, 0) is 6.42 Å². The van der Waals surface area contributed by atoms with Gasteiger partial charge in [-0.2, -0.15) is 0 Å². The van der Waals surface area contributed by atoms with Crippen LogP contribution < -0.4 is 5.73 Å². The third kappa shape index (κ3) is 2.30. The van der Waals surface area contributed by atoms with E-state index in [9.17, 15) is 4.39 Å². The van der Waals surface area contributed by atoms with Crippen molar-refractivity contribution in [2.75, 3.05) is 5.73 Å². The van der Waals surface area contributed by atoms with Gasteiger partial charge in [-0.15, -0.1) is 0 Å². The summed E-state index contributed by atoms with van der Waals surface area (Å²) in [5.74, 6) is 0.688. The van der Waals surface area contributed by atoms with E-state index >= 15 is 0 Å². The molecule has 0 saturated heterocycles. The van der Waals surface area contributed by atoms with Crippen LogP contribution in [0.2, 0.25) is 0 Å². The maximum Gasteiger partial charge on any atom is 0.172 e. The van der Waals surface area contributed by atoms with Crippen LogP contribution in [0.25, 0.3) is 11.3 Å². The van der Waals surface area contributed by atoms with E-state index in [1.54, 1.807) is 0 Å². The fourth-order valence-electron chi connectivity index (χ4n) is 1.91. The van der Waals surface area contributed by atoms with Gasteiger partial charge < -0.3 is 10.3 Å². The Morgan fingerprint density at radius 2 is 2.12 bits per heavy atom. The summed E-state index contributed by atoms with van der Waals surface area (Å²) >= 11 is 0. The fourth-order valence-corrected chi connectivity index (χ4v) is 1.91. The van der Waals surface area contributed by atoms with E-state index in [0.29, 0.717) is 17.1 Å². The maximum absolute atomic E-state index is 13.3.